The summed E-state index contributed by atoms with van der Waals surface area (Å²) in [6, 6.07) is 0.641. The molecule has 1 aromatic rings. The molecule has 0 bridgehead atoms. The Morgan fingerprint density at radius 2 is 2.33 bits per heavy atom. The van der Waals surface area contributed by atoms with Gasteiger partial charge < -0.3 is 14.6 Å². The predicted octanol–water partition coefficient (Wildman–Crippen LogP) is 0.851. The van der Waals surface area contributed by atoms with E-state index in [1.807, 2.05) is 17.8 Å². The molecule has 2 atom stereocenters. The lowest BCUT2D eigenvalue weighted by molar-refractivity contribution is -0.123. The highest BCUT2D eigenvalue weighted by Gasteiger charge is 2.35. The van der Waals surface area contributed by atoms with E-state index < -0.39 is 0 Å². The number of carbonyl (C=O) groups is 1. The second-order valence-corrected chi connectivity index (χ2v) is 5.94. The Kier molecular flexibility index (Phi) is 4.26. The highest BCUT2D eigenvalue weighted by atomic mass is 16.5. The molecule has 2 heterocycles. The largest absolute Gasteiger partial charge is 0.368 e. The second-order valence-electron chi connectivity index (χ2n) is 5.94. The van der Waals surface area contributed by atoms with Crippen LogP contribution in [0.2, 0.25) is 0 Å². The molecule has 1 aromatic heterocycles. The third kappa shape index (κ3) is 3.27. The molecule has 116 valence electrons. The van der Waals surface area contributed by atoms with Crippen molar-refractivity contribution in [3.05, 3.63) is 18.2 Å². The SMILES string of the molecule is CCN(CC(=O)N[C@H]1CCO[C@@H]1c1nccn1C)C1CC1. The number of imidazole rings is 1. The van der Waals surface area contributed by atoms with E-state index in [9.17, 15) is 4.79 Å². The van der Waals surface area contributed by atoms with Gasteiger partial charge in [0.25, 0.3) is 0 Å². The van der Waals surface area contributed by atoms with E-state index in [2.05, 4.69) is 22.1 Å². The van der Waals surface area contributed by atoms with Crippen LogP contribution in [0, 0.1) is 0 Å². The minimum Gasteiger partial charge on any atom is -0.368 e. The minimum absolute atomic E-state index is 0.0245. The summed E-state index contributed by atoms with van der Waals surface area (Å²) in [5, 5.41) is 3.13. The first-order valence-electron chi connectivity index (χ1n) is 7.81. The molecule has 6 nitrogen and oxygen atoms in total. The van der Waals surface area contributed by atoms with Crippen LogP contribution >= 0.6 is 0 Å². The number of rotatable bonds is 6. The topological polar surface area (TPSA) is 59.4 Å². The molecule has 1 saturated heterocycles. The van der Waals surface area contributed by atoms with E-state index in [4.69, 9.17) is 4.74 Å². The zero-order valence-corrected chi connectivity index (χ0v) is 12.8. The molecule has 3 rings (SSSR count). The maximum atomic E-state index is 12.3. The zero-order chi connectivity index (χ0) is 14.8. The molecule has 1 aliphatic heterocycles. The number of likely N-dealkylation sites (N-methyl/N-ethyl adjacent to an activating group) is 1. The predicted molar refractivity (Wildman–Crippen MR) is 78.7 cm³/mol. The van der Waals surface area contributed by atoms with E-state index in [1.54, 1.807) is 6.20 Å². The molecule has 0 unspecified atom stereocenters. The number of aryl methyl sites for hydroxylation is 1. The van der Waals surface area contributed by atoms with E-state index in [1.165, 1.54) is 12.8 Å². The van der Waals surface area contributed by atoms with Crippen LogP contribution in [0.3, 0.4) is 0 Å². The molecule has 0 spiro atoms. The van der Waals surface area contributed by atoms with Crippen molar-refractivity contribution in [1.82, 2.24) is 19.8 Å². The van der Waals surface area contributed by atoms with Crippen LogP contribution in [0.5, 0.6) is 0 Å². The smallest absolute Gasteiger partial charge is 0.234 e. The number of nitrogens with one attached hydrogen (secondary N) is 1. The number of aromatic nitrogens is 2. The number of carbonyl (C=O) groups excluding carboxylic acids is 1. The summed E-state index contributed by atoms with van der Waals surface area (Å²) in [5.41, 5.74) is 0. The molecule has 1 N–H and O–H groups in total. The standard InChI is InChI=1S/C15H24N4O2/c1-3-19(11-4-5-11)10-13(20)17-12-6-9-21-14(12)15-16-7-8-18(15)2/h7-8,11-12,14H,3-6,9-10H2,1-2H3,(H,17,20)/t12-,14-/m0/s1. The molecule has 2 aliphatic rings. The summed E-state index contributed by atoms with van der Waals surface area (Å²) in [6.45, 7) is 4.20. The highest BCUT2D eigenvalue weighted by molar-refractivity contribution is 5.78. The summed E-state index contributed by atoms with van der Waals surface area (Å²) in [6.07, 6.45) is 6.83. The van der Waals surface area contributed by atoms with E-state index in [0.717, 1.165) is 18.8 Å². The van der Waals surface area contributed by atoms with Gasteiger partial charge in [0, 0.05) is 32.1 Å². The summed E-state index contributed by atoms with van der Waals surface area (Å²) in [5.74, 6) is 0.978. The van der Waals surface area contributed by atoms with Gasteiger partial charge in [0.2, 0.25) is 5.91 Å². The van der Waals surface area contributed by atoms with E-state index >= 15 is 0 Å². The Bertz CT molecular complexity index is 498. The van der Waals surface area contributed by atoms with Crippen molar-refractivity contribution in [1.29, 1.82) is 0 Å². The van der Waals surface area contributed by atoms with Crippen LogP contribution in [0.25, 0.3) is 0 Å². The Labute approximate surface area is 125 Å². The first-order chi connectivity index (χ1) is 10.2. The second kappa shape index (κ2) is 6.15. The molecule has 21 heavy (non-hydrogen) atoms. The third-order valence-corrected chi connectivity index (χ3v) is 4.37. The van der Waals surface area contributed by atoms with Gasteiger partial charge in [-0.05, 0) is 25.8 Å². The summed E-state index contributed by atoms with van der Waals surface area (Å²) < 4.78 is 7.73. The van der Waals surface area contributed by atoms with Gasteiger partial charge in [-0.15, -0.1) is 0 Å². The highest BCUT2D eigenvalue weighted by Crippen LogP contribution is 2.28. The average Bonchev–Trinajstić information content (AvgIpc) is 3.08. The lowest BCUT2D eigenvalue weighted by Gasteiger charge is -2.23. The lowest BCUT2D eigenvalue weighted by atomic mass is 10.1. The Balaban J connectivity index is 1.58. The molecule has 0 radical (unpaired) electrons. The first kappa shape index (κ1) is 14.5. The van der Waals surface area contributed by atoms with Crippen molar-refractivity contribution >= 4 is 5.91 Å². The van der Waals surface area contributed by atoms with Crippen LogP contribution in [0.4, 0.5) is 0 Å². The number of hydrogen-bond acceptors (Lipinski definition) is 4. The fourth-order valence-corrected chi connectivity index (χ4v) is 3.02. The van der Waals surface area contributed by atoms with Crippen LogP contribution in [0.1, 0.15) is 38.1 Å². The monoisotopic (exact) mass is 292 g/mol. The van der Waals surface area contributed by atoms with Crippen LogP contribution < -0.4 is 5.32 Å². The number of hydrogen-bond donors (Lipinski definition) is 1. The maximum Gasteiger partial charge on any atom is 0.234 e. The normalized spacial score (nSPS) is 25.5. The van der Waals surface area contributed by atoms with Gasteiger partial charge in [-0.1, -0.05) is 6.92 Å². The third-order valence-electron chi connectivity index (χ3n) is 4.37. The van der Waals surface area contributed by atoms with Crippen LogP contribution in [-0.2, 0) is 16.6 Å². The van der Waals surface area contributed by atoms with Gasteiger partial charge in [0.1, 0.15) is 11.9 Å². The zero-order valence-electron chi connectivity index (χ0n) is 12.8. The van der Waals surface area contributed by atoms with Crippen molar-refractivity contribution in [2.45, 2.75) is 44.4 Å². The van der Waals surface area contributed by atoms with Crippen molar-refractivity contribution in [3.63, 3.8) is 0 Å². The fourth-order valence-electron chi connectivity index (χ4n) is 3.02. The molecule has 6 heteroatoms. The van der Waals surface area contributed by atoms with Gasteiger partial charge in [-0.3, -0.25) is 9.69 Å². The van der Waals surface area contributed by atoms with Crippen molar-refractivity contribution < 1.29 is 9.53 Å². The van der Waals surface area contributed by atoms with Gasteiger partial charge in [0.15, 0.2) is 0 Å². The number of nitrogens with zero attached hydrogens (tertiary/aromatic N) is 3. The van der Waals surface area contributed by atoms with Gasteiger partial charge in [-0.2, -0.15) is 0 Å². The summed E-state index contributed by atoms with van der Waals surface area (Å²) in [7, 11) is 1.95. The molecule has 1 saturated carbocycles. The summed E-state index contributed by atoms with van der Waals surface area (Å²) >= 11 is 0. The van der Waals surface area contributed by atoms with Gasteiger partial charge in [-0.25, -0.2) is 4.98 Å². The van der Waals surface area contributed by atoms with Crippen molar-refractivity contribution in [3.8, 4) is 0 Å². The average molecular weight is 292 g/mol. The fraction of sp³-hybridized carbons (Fsp3) is 0.733. The molecule has 1 amide bonds. The maximum absolute atomic E-state index is 12.3. The first-order valence-corrected chi connectivity index (χ1v) is 7.81. The molecular weight excluding hydrogens is 268 g/mol. The quantitative estimate of drug-likeness (QED) is 0.844. The summed E-state index contributed by atoms with van der Waals surface area (Å²) in [4.78, 5) is 18.9. The van der Waals surface area contributed by atoms with Gasteiger partial charge >= 0.3 is 0 Å². The Hall–Kier alpha value is -1.40. The molecule has 0 aromatic carbocycles. The lowest BCUT2D eigenvalue weighted by Crippen LogP contribution is -2.44. The molecule has 1 aliphatic carbocycles. The van der Waals surface area contributed by atoms with Crippen molar-refractivity contribution in [2.75, 3.05) is 19.7 Å². The minimum atomic E-state index is -0.134. The Morgan fingerprint density at radius 3 is 2.95 bits per heavy atom. The Morgan fingerprint density at radius 1 is 1.52 bits per heavy atom. The van der Waals surface area contributed by atoms with E-state index in [-0.39, 0.29) is 18.1 Å². The van der Waals surface area contributed by atoms with Crippen molar-refractivity contribution in [2.24, 2.45) is 7.05 Å². The number of ether oxygens (including phenoxy) is 1. The number of amides is 1. The molecular formula is C15H24N4O2. The van der Waals surface area contributed by atoms with E-state index in [0.29, 0.717) is 19.2 Å². The molecule has 2 fully saturated rings. The van der Waals surface area contributed by atoms with Gasteiger partial charge in [0.05, 0.1) is 12.6 Å². The van der Waals surface area contributed by atoms with Crippen LogP contribution in [-0.4, -0.2) is 52.1 Å². The van der Waals surface area contributed by atoms with Crippen LogP contribution in [0.15, 0.2) is 12.4 Å².